The van der Waals surface area contributed by atoms with Crippen LogP contribution in [0.1, 0.15) is 12.8 Å². The highest BCUT2D eigenvalue weighted by Gasteiger charge is 2.35. The van der Waals surface area contributed by atoms with E-state index in [0.717, 1.165) is 12.8 Å². The van der Waals surface area contributed by atoms with Crippen molar-refractivity contribution in [2.75, 3.05) is 13.2 Å². The molecule has 2 unspecified atom stereocenters. The normalized spacial score (nSPS) is 29.5. The van der Waals surface area contributed by atoms with E-state index in [4.69, 9.17) is 10.2 Å². The van der Waals surface area contributed by atoms with Crippen molar-refractivity contribution in [1.29, 1.82) is 0 Å². The molecule has 0 bridgehead atoms. The summed E-state index contributed by atoms with van der Waals surface area (Å²) in [6, 6.07) is 0.0830. The number of aliphatic carboxylic acids is 1. The molecular formula is C7H13NO3. The number of hydrogen-bond donors (Lipinski definition) is 3. The van der Waals surface area contributed by atoms with Crippen LogP contribution in [0.5, 0.6) is 0 Å². The molecule has 0 spiro atoms. The first kappa shape index (κ1) is 8.49. The lowest BCUT2D eigenvalue weighted by Gasteiger charge is -2.33. The largest absolute Gasteiger partial charge is 0.481 e. The summed E-state index contributed by atoms with van der Waals surface area (Å²) in [6.07, 6.45) is 1.68. The maximum absolute atomic E-state index is 10.5. The van der Waals surface area contributed by atoms with Crippen molar-refractivity contribution >= 4 is 5.97 Å². The van der Waals surface area contributed by atoms with E-state index in [1.807, 2.05) is 0 Å². The predicted molar refractivity (Wildman–Crippen MR) is 39.2 cm³/mol. The van der Waals surface area contributed by atoms with Gasteiger partial charge >= 0.3 is 5.97 Å². The second kappa shape index (κ2) is 3.69. The van der Waals surface area contributed by atoms with Gasteiger partial charge in [-0.05, 0) is 12.8 Å². The topological polar surface area (TPSA) is 69.6 Å². The fourth-order valence-corrected chi connectivity index (χ4v) is 1.29. The predicted octanol–water partition coefficient (Wildman–Crippen LogP) is -0.569. The molecule has 0 saturated heterocycles. The van der Waals surface area contributed by atoms with Crippen molar-refractivity contribution < 1.29 is 15.0 Å². The number of nitrogens with one attached hydrogen (secondary N) is 1. The maximum Gasteiger partial charge on any atom is 0.308 e. The average molecular weight is 159 g/mol. The fraction of sp³-hybridized carbons (Fsp3) is 0.857. The van der Waals surface area contributed by atoms with Gasteiger partial charge in [0.2, 0.25) is 0 Å². The molecule has 1 aliphatic carbocycles. The molecule has 1 aliphatic rings. The van der Waals surface area contributed by atoms with Gasteiger partial charge in [0.25, 0.3) is 0 Å². The van der Waals surface area contributed by atoms with Crippen molar-refractivity contribution in [3.63, 3.8) is 0 Å². The molecule has 0 aromatic rings. The SMILES string of the molecule is O=C(O)C1CCC1NCCO. The summed E-state index contributed by atoms with van der Waals surface area (Å²) < 4.78 is 0. The molecule has 0 amide bonds. The molecule has 1 fully saturated rings. The van der Waals surface area contributed by atoms with Crippen molar-refractivity contribution in [3.05, 3.63) is 0 Å². The molecule has 4 heteroatoms. The molecule has 64 valence electrons. The fourth-order valence-electron chi connectivity index (χ4n) is 1.29. The maximum atomic E-state index is 10.5. The number of rotatable bonds is 4. The molecule has 3 N–H and O–H groups in total. The van der Waals surface area contributed by atoms with Crippen molar-refractivity contribution in [1.82, 2.24) is 5.32 Å². The molecule has 11 heavy (non-hydrogen) atoms. The third-order valence-corrected chi connectivity index (χ3v) is 2.11. The summed E-state index contributed by atoms with van der Waals surface area (Å²) in [7, 11) is 0. The third kappa shape index (κ3) is 1.91. The summed E-state index contributed by atoms with van der Waals surface area (Å²) in [6.45, 7) is 0.567. The van der Waals surface area contributed by atoms with Crippen LogP contribution in [0.2, 0.25) is 0 Å². The lowest BCUT2D eigenvalue weighted by Crippen LogP contribution is -2.48. The van der Waals surface area contributed by atoms with Crippen molar-refractivity contribution in [3.8, 4) is 0 Å². The minimum Gasteiger partial charge on any atom is -0.481 e. The summed E-state index contributed by atoms with van der Waals surface area (Å²) in [5, 5.41) is 20.0. The zero-order chi connectivity index (χ0) is 8.27. The molecular weight excluding hydrogens is 146 g/mol. The number of carboxylic acid groups (broad SMARTS) is 1. The van der Waals surface area contributed by atoms with Gasteiger partial charge in [0.1, 0.15) is 0 Å². The Kier molecular flexibility index (Phi) is 2.84. The highest BCUT2D eigenvalue weighted by molar-refractivity contribution is 5.72. The van der Waals surface area contributed by atoms with Gasteiger partial charge in [-0.15, -0.1) is 0 Å². The molecule has 1 rings (SSSR count). The van der Waals surface area contributed by atoms with E-state index in [1.54, 1.807) is 0 Å². The number of carboxylic acids is 1. The monoisotopic (exact) mass is 159 g/mol. The van der Waals surface area contributed by atoms with E-state index in [0.29, 0.717) is 6.54 Å². The Bertz CT molecular complexity index is 149. The third-order valence-electron chi connectivity index (χ3n) is 2.11. The molecule has 4 nitrogen and oxygen atoms in total. The van der Waals surface area contributed by atoms with Gasteiger partial charge in [-0.25, -0.2) is 0 Å². The first-order valence-electron chi connectivity index (χ1n) is 3.82. The Morgan fingerprint density at radius 2 is 2.27 bits per heavy atom. The second-order valence-corrected chi connectivity index (χ2v) is 2.81. The number of hydrogen-bond acceptors (Lipinski definition) is 3. The smallest absolute Gasteiger partial charge is 0.308 e. The number of aliphatic hydroxyl groups is 1. The standard InChI is InChI=1S/C7H13NO3/c9-4-3-8-6-2-1-5(6)7(10)11/h5-6,8-9H,1-4H2,(H,10,11). The lowest BCUT2D eigenvalue weighted by atomic mass is 9.79. The first-order chi connectivity index (χ1) is 5.25. The van der Waals surface area contributed by atoms with Crippen molar-refractivity contribution in [2.24, 2.45) is 5.92 Å². The van der Waals surface area contributed by atoms with Crippen LogP contribution in [-0.4, -0.2) is 35.4 Å². The molecule has 0 aliphatic heterocycles. The van der Waals surface area contributed by atoms with E-state index in [9.17, 15) is 4.79 Å². The van der Waals surface area contributed by atoms with E-state index >= 15 is 0 Å². The summed E-state index contributed by atoms with van der Waals surface area (Å²) >= 11 is 0. The summed E-state index contributed by atoms with van der Waals surface area (Å²) in [5.74, 6) is -0.965. The van der Waals surface area contributed by atoms with Crippen LogP contribution in [0.4, 0.5) is 0 Å². The van der Waals surface area contributed by atoms with Crippen LogP contribution in [0.15, 0.2) is 0 Å². The highest BCUT2D eigenvalue weighted by atomic mass is 16.4. The van der Waals surface area contributed by atoms with Crippen LogP contribution < -0.4 is 5.32 Å². The van der Waals surface area contributed by atoms with Crippen LogP contribution in [-0.2, 0) is 4.79 Å². The van der Waals surface area contributed by atoms with Crippen LogP contribution >= 0.6 is 0 Å². The van der Waals surface area contributed by atoms with Gasteiger partial charge in [-0.3, -0.25) is 4.79 Å². The van der Waals surface area contributed by atoms with Gasteiger partial charge in [0.15, 0.2) is 0 Å². The number of carbonyl (C=O) groups is 1. The van der Waals surface area contributed by atoms with E-state index in [-0.39, 0.29) is 18.6 Å². The Morgan fingerprint density at radius 3 is 2.64 bits per heavy atom. The van der Waals surface area contributed by atoms with Crippen LogP contribution in [0, 0.1) is 5.92 Å². The zero-order valence-corrected chi connectivity index (χ0v) is 6.29. The highest BCUT2D eigenvalue weighted by Crippen LogP contribution is 2.27. The Morgan fingerprint density at radius 1 is 1.55 bits per heavy atom. The molecule has 0 radical (unpaired) electrons. The quantitative estimate of drug-likeness (QED) is 0.514. The van der Waals surface area contributed by atoms with Gasteiger partial charge in [-0.1, -0.05) is 0 Å². The van der Waals surface area contributed by atoms with Crippen LogP contribution in [0.3, 0.4) is 0 Å². The van der Waals surface area contributed by atoms with E-state index in [1.165, 1.54) is 0 Å². The summed E-state index contributed by atoms with van der Waals surface area (Å²) in [5.41, 5.74) is 0. The van der Waals surface area contributed by atoms with Crippen LogP contribution in [0.25, 0.3) is 0 Å². The van der Waals surface area contributed by atoms with E-state index in [2.05, 4.69) is 5.32 Å². The Hall–Kier alpha value is -0.610. The molecule has 0 aromatic carbocycles. The molecule has 1 saturated carbocycles. The minimum absolute atomic E-state index is 0.0723. The van der Waals surface area contributed by atoms with Gasteiger partial charge in [0.05, 0.1) is 12.5 Å². The summed E-state index contributed by atoms with van der Waals surface area (Å²) in [4.78, 5) is 10.5. The first-order valence-corrected chi connectivity index (χ1v) is 3.82. The van der Waals surface area contributed by atoms with Gasteiger partial charge in [0, 0.05) is 12.6 Å². The molecule has 2 atom stereocenters. The lowest BCUT2D eigenvalue weighted by molar-refractivity contribution is -0.146. The zero-order valence-electron chi connectivity index (χ0n) is 6.29. The Labute approximate surface area is 65.2 Å². The van der Waals surface area contributed by atoms with E-state index < -0.39 is 5.97 Å². The van der Waals surface area contributed by atoms with Gasteiger partial charge < -0.3 is 15.5 Å². The number of aliphatic hydroxyl groups excluding tert-OH is 1. The van der Waals surface area contributed by atoms with Gasteiger partial charge in [-0.2, -0.15) is 0 Å². The second-order valence-electron chi connectivity index (χ2n) is 2.81. The Balaban J connectivity index is 2.20. The molecule has 0 heterocycles. The molecule has 0 aromatic heterocycles. The average Bonchev–Trinajstić information content (AvgIpc) is 1.84. The minimum atomic E-state index is -0.730. The van der Waals surface area contributed by atoms with Crippen molar-refractivity contribution in [2.45, 2.75) is 18.9 Å².